The number of carbonyl (C=O) groups excluding carboxylic acids is 4. The van der Waals surface area contributed by atoms with E-state index in [1.807, 2.05) is 41.5 Å². The number of aromatic nitrogens is 17. The summed E-state index contributed by atoms with van der Waals surface area (Å²) in [7, 11) is 0. The number of H-pyrrole nitrogens is 2. The maximum Gasteiger partial charge on any atom is 0.410 e. The van der Waals surface area contributed by atoms with Gasteiger partial charge in [0.2, 0.25) is 11.9 Å². The molecule has 142 heavy (non-hydrogen) atoms. The van der Waals surface area contributed by atoms with Crippen molar-refractivity contribution in [3.8, 4) is 17.1 Å². The zero-order valence-electron chi connectivity index (χ0n) is 77.2. The summed E-state index contributed by atoms with van der Waals surface area (Å²) in [5, 5.41) is 27.3. The van der Waals surface area contributed by atoms with Crippen molar-refractivity contribution in [3.05, 3.63) is 217 Å². The molecule has 13 heterocycles. The number of pyridine rings is 5. The van der Waals surface area contributed by atoms with Crippen LogP contribution in [0.1, 0.15) is 268 Å². The van der Waals surface area contributed by atoms with Gasteiger partial charge in [0.15, 0.2) is 11.3 Å². The van der Waals surface area contributed by atoms with Gasteiger partial charge in [-0.25, -0.2) is 97.9 Å². The van der Waals surface area contributed by atoms with Gasteiger partial charge in [-0.3, -0.25) is 29.1 Å². The van der Waals surface area contributed by atoms with Crippen molar-refractivity contribution >= 4 is 174 Å². The minimum Gasteiger partial charge on any atom is -0.491 e. The predicted octanol–water partition coefficient (Wildman–Crippen LogP) is 15.4. The Morgan fingerprint density at radius 3 is 1.17 bits per heavy atom. The number of piperazine rings is 2. The van der Waals surface area contributed by atoms with Gasteiger partial charge in [-0.1, -0.05) is 104 Å². The molecule has 8 aliphatic carbocycles. The molecule has 39 nitrogen and oxygen atoms in total. The van der Waals surface area contributed by atoms with Gasteiger partial charge in [0.1, 0.15) is 108 Å². The Morgan fingerprint density at radius 2 is 0.782 bits per heavy atom. The number of aromatic carboxylic acids is 1. The zero-order chi connectivity index (χ0) is 102. The molecule has 752 valence electrons. The van der Waals surface area contributed by atoms with Crippen LogP contribution in [0.15, 0.2) is 74.8 Å². The first-order valence-electron chi connectivity index (χ1n) is 45.7. The third-order valence-electron chi connectivity index (χ3n) is 23.5. The highest BCUT2D eigenvalue weighted by Crippen LogP contribution is 2.53. The van der Waals surface area contributed by atoms with Crippen molar-refractivity contribution in [2.75, 3.05) is 63.5 Å². The molecule has 50 heteroatoms. The van der Waals surface area contributed by atoms with Crippen LogP contribution in [-0.4, -0.2) is 210 Å². The maximum atomic E-state index is 13.3. The van der Waals surface area contributed by atoms with E-state index in [0.29, 0.717) is 74.3 Å². The first-order valence-corrected chi connectivity index (χ1v) is 49.1. The molecule has 2 saturated heterocycles. The highest BCUT2D eigenvalue weighted by molar-refractivity contribution is 6.39. The number of hydrogen-bond acceptors (Lipinski definition) is 30. The molecule has 2 atom stereocenters. The molecule has 10 aliphatic rings. The third kappa shape index (κ3) is 26.4. The molecule has 0 bridgehead atoms. The number of anilines is 3. The number of halogens is 11. The van der Waals surface area contributed by atoms with Gasteiger partial charge in [-0.05, 0) is 169 Å². The number of nitrogens with two attached hydrogens (primary N) is 3. The van der Waals surface area contributed by atoms with E-state index < -0.39 is 74.5 Å². The number of aliphatic hydroxyl groups excluding tert-OH is 1. The molecular formula is C92H98Cl9F2N25O14. The van der Waals surface area contributed by atoms with Gasteiger partial charge in [-0.15, -0.1) is 0 Å². The molecule has 0 aromatic carbocycles. The summed E-state index contributed by atoms with van der Waals surface area (Å²) in [4.78, 5) is 171. The van der Waals surface area contributed by atoms with Crippen LogP contribution in [-0.2, 0) is 9.47 Å². The number of amides is 4. The molecule has 13 N–H and O–H groups in total. The van der Waals surface area contributed by atoms with E-state index in [4.69, 9.17) is 146 Å². The average molecular weight is 2140 g/mol. The first kappa shape index (κ1) is 105. The maximum absolute atomic E-state index is 13.3. The summed E-state index contributed by atoms with van der Waals surface area (Å²) in [5.74, 6) is -1.76. The van der Waals surface area contributed by atoms with Crippen LogP contribution in [0.25, 0.3) is 33.4 Å². The molecule has 21 rings (SSSR count). The number of aliphatic hydroxyl groups is 1. The topological polar surface area (TPSA) is 551 Å². The first-order chi connectivity index (χ1) is 67.5. The van der Waals surface area contributed by atoms with Crippen LogP contribution < -0.4 is 60.4 Å². The van der Waals surface area contributed by atoms with Crippen LogP contribution in [0.3, 0.4) is 0 Å². The Balaban J connectivity index is 0.000000131. The number of rotatable bonds is 19. The second kappa shape index (κ2) is 44.5. The molecule has 4 amide bonds. The van der Waals surface area contributed by atoms with Gasteiger partial charge in [0.05, 0.1) is 101 Å². The summed E-state index contributed by atoms with van der Waals surface area (Å²) in [6, 6.07) is 6.21. The molecule has 0 unspecified atom stereocenters. The fourth-order valence-electron chi connectivity index (χ4n) is 15.7. The van der Waals surface area contributed by atoms with Crippen molar-refractivity contribution in [2.24, 2.45) is 11.5 Å². The molecule has 8 saturated carbocycles. The van der Waals surface area contributed by atoms with E-state index in [0.717, 1.165) is 146 Å². The number of fused-ring (bicyclic) bond motifs is 2. The number of nitrogens with zero attached hydrogens (tertiary/aromatic N) is 17. The number of nitrogens with one attached hydrogen (secondary N) is 5. The molecule has 11 aromatic rings. The molecule has 0 radical (unpaired) electrons. The van der Waals surface area contributed by atoms with Crippen molar-refractivity contribution in [3.63, 3.8) is 0 Å². The Hall–Kier alpha value is -11.4. The summed E-state index contributed by atoms with van der Waals surface area (Å²) in [6.45, 7) is 14.5. The summed E-state index contributed by atoms with van der Waals surface area (Å²) >= 11 is 52.3. The number of hydrogen-bond donors (Lipinski definition) is 10. The summed E-state index contributed by atoms with van der Waals surface area (Å²) in [6.07, 6.45) is 23.1. The smallest absolute Gasteiger partial charge is 0.410 e. The van der Waals surface area contributed by atoms with Crippen LogP contribution in [0.2, 0.25) is 45.9 Å². The number of aromatic amines is 2. The summed E-state index contributed by atoms with van der Waals surface area (Å²) < 4.78 is 45.1. The zero-order valence-corrected chi connectivity index (χ0v) is 84.0. The van der Waals surface area contributed by atoms with Gasteiger partial charge < -0.3 is 67.4 Å². The van der Waals surface area contributed by atoms with Crippen LogP contribution in [0.5, 0.6) is 5.75 Å². The number of nitrogen functional groups attached to an aromatic ring is 1. The molecule has 10 fully saturated rings. The van der Waals surface area contributed by atoms with Crippen molar-refractivity contribution in [1.29, 1.82) is 0 Å². The number of carboxylic acids is 1. The van der Waals surface area contributed by atoms with Crippen LogP contribution in [0, 0.1) is 11.9 Å². The van der Waals surface area contributed by atoms with E-state index in [-0.39, 0.29) is 146 Å². The Morgan fingerprint density at radius 1 is 0.451 bits per heavy atom. The van der Waals surface area contributed by atoms with Crippen LogP contribution >= 0.6 is 104 Å². The van der Waals surface area contributed by atoms with Gasteiger partial charge in [0, 0.05) is 98.7 Å². The second-order valence-electron chi connectivity index (χ2n) is 37.4. The molecular weight excluding hydrogens is 2040 g/mol. The molecule has 2 aliphatic heterocycles. The lowest BCUT2D eigenvalue weighted by atomic mass is 10.1. The van der Waals surface area contributed by atoms with Gasteiger partial charge in [-0.2, -0.15) is 8.78 Å². The standard InChI is InChI=1S/C27H32ClN7O5.C17H13Cl2N5O2.C16H15Cl2N5O.C10H13N3.C10H20N2O3.C6H3Cl2FN2O.C6H2Cl2FNO2/c1-27(2,3)40-26(38)34-9-8-29-16(11-34)12-39-17-10-18(28)32-23-19(17)24(36)33-25(37)35(23)22-20(14-4-5-14)30-13-31-21(22)15-6-7-15;18-9-5-10(19)22-15-11(9)16(25)23-17(26)24(15)14-12(7-1-2-7)20-6-21-13(14)8-3-4-8;17-9-5-10(18)22-16(11(9)15(19)24)23-14-12(7-1-2-7)20-6-21-13(14)8-3-4-8;11-8-9(6-1-2-6)12-5-13-10(8)7-3-4-7;1-10(2,3)15-9(14)12-5-4-11-8(6-12)7-13;7-2-1-3(8)11-5(9)4(2)6(10)12;7-2-1-3(8)10-5(9)4(2)6(11)12/h10,13-16,29H,4-9,11-12H2,1-3H3,(H,33,36,37);5-8H,1-4H2,(H,23,25,26);5-8H,1-4H2,(H2,19,24)(H,22,23);5-7H,1-4,11H2;8,11,13H,4-7H2,1-3H3;1H,(H2,10,12);1H,(H,11,12)/t16-;;;;8-;;/m1...1../s1. The Labute approximate surface area is 853 Å². The highest BCUT2D eigenvalue weighted by Gasteiger charge is 2.42. The predicted molar refractivity (Wildman–Crippen MR) is 528 cm³/mol. The lowest BCUT2D eigenvalue weighted by Crippen LogP contribution is -2.55. The second-order valence-corrected chi connectivity index (χ2v) is 40.9. The summed E-state index contributed by atoms with van der Waals surface area (Å²) in [5.41, 5.74) is 22.3. The number of ether oxygens (including phenoxy) is 3. The quantitative estimate of drug-likeness (QED) is 0.0336. The van der Waals surface area contributed by atoms with Crippen molar-refractivity contribution < 1.29 is 57.2 Å². The highest BCUT2D eigenvalue weighted by atomic mass is 35.5. The van der Waals surface area contributed by atoms with Gasteiger partial charge >= 0.3 is 29.5 Å². The Kier molecular flexibility index (Phi) is 32.9. The molecule has 11 aromatic heterocycles. The normalized spacial score (nSPS) is 17.6. The van der Waals surface area contributed by atoms with E-state index >= 15 is 0 Å². The fraction of sp³-hybridized carbons (Fsp3) is 0.457. The number of primary amides is 2. The van der Waals surface area contributed by atoms with E-state index in [2.05, 4.69) is 90.7 Å². The van der Waals surface area contributed by atoms with Crippen LogP contribution in [0.4, 0.5) is 35.6 Å². The minimum atomic E-state index is -1.47. The van der Waals surface area contributed by atoms with E-state index in [9.17, 15) is 51.9 Å². The minimum absolute atomic E-state index is 0.0359. The Bertz CT molecular complexity index is 6730. The largest absolute Gasteiger partial charge is 0.491 e. The number of carbonyl (C=O) groups is 5. The van der Waals surface area contributed by atoms with E-state index in [1.54, 1.807) is 35.1 Å². The monoisotopic (exact) mass is 2130 g/mol. The number of carboxylic acid groups (broad SMARTS) is 1. The van der Waals surface area contributed by atoms with Gasteiger partial charge in [0.25, 0.3) is 22.9 Å². The average Bonchev–Trinajstić information content (AvgIpc) is 1.51. The third-order valence-corrected chi connectivity index (χ3v) is 25.7. The van der Waals surface area contributed by atoms with E-state index in [1.165, 1.54) is 53.0 Å². The van der Waals surface area contributed by atoms with Crippen molar-refractivity contribution in [1.82, 2.24) is 104 Å². The fourth-order valence-corrected chi connectivity index (χ4v) is 18.0. The van der Waals surface area contributed by atoms with Crippen molar-refractivity contribution in [2.45, 2.75) is 215 Å². The molecule has 0 spiro atoms. The lowest BCUT2D eigenvalue weighted by molar-refractivity contribution is 0.0165. The SMILES string of the molecule is CC(C)(C)OC(=O)N1CCN[C@@H](CO)C1.CC(C)(C)OC(=O)N1CCN[C@@H](COc2cc(Cl)nc3c2c(=O)[nH]c(=O)n3-c2c(C3CC3)ncnc2C2CC2)C1.NC(=O)c1c(Cl)cc(Cl)nc1F.NC(=O)c1c(Cl)cc(Cl)nc1Nc1c(C2CC2)ncnc1C1CC1.Nc1c(C2CC2)ncnc1C1CC1.O=C(O)c1c(Cl)cc(Cl)nc1F.O=c1[nH]c(=O)n(-c2c(C3CC3)ncnc2C2CC2)c2nc(Cl)cc(Cl)c12. The lowest BCUT2D eigenvalue weighted by Gasteiger charge is -2.34.